The SMILES string of the molecule is COS(=O)(=O)c1ccccc1NC(=O)c1cccc2ccccc12. The van der Waals surface area contributed by atoms with Crippen LogP contribution in [0.2, 0.25) is 0 Å². The normalized spacial score (nSPS) is 11.4. The number of nitrogens with one attached hydrogen (secondary N) is 1. The van der Waals surface area contributed by atoms with Crippen molar-refractivity contribution in [2.45, 2.75) is 4.90 Å². The second-order valence-corrected chi connectivity index (χ2v) is 6.78. The molecule has 3 aromatic carbocycles. The van der Waals surface area contributed by atoms with Gasteiger partial charge in [-0.2, -0.15) is 8.42 Å². The summed E-state index contributed by atoms with van der Waals surface area (Å²) >= 11 is 0. The Hall–Kier alpha value is -2.70. The summed E-state index contributed by atoms with van der Waals surface area (Å²) in [6.07, 6.45) is 0. The van der Waals surface area contributed by atoms with E-state index < -0.39 is 10.1 Å². The van der Waals surface area contributed by atoms with Crippen LogP contribution in [0.15, 0.2) is 71.6 Å². The maximum atomic E-state index is 12.6. The van der Waals surface area contributed by atoms with E-state index in [1.165, 1.54) is 12.1 Å². The molecular weight excluding hydrogens is 326 g/mol. The van der Waals surface area contributed by atoms with Crippen LogP contribution in [-0.2, 0) is 14.3 Å². The Labute approximate surface area is 140 Å². The minimum Gasteiger partial charge on any atom is -0.321 e. The van der Waals surface area contributed by atoms with E-state index in [0.29, 0.717) is 5.56 Å². The third kappa shape index (κ3) is 3.02. The first kappa shape index (κ1) is 16.2. The van der Waals surface area contributed by atoms with Crippen LogP contribution >= 0.6 is 0 Å². The third-order valence-electron chi connectivity index (χ3n) is 3.66. The summed E-state index contributed by atoms with van der Waals surface area (Å²) in [6.45, 7) is 0. The molecule has 24 heavy (non-hydrogen) atoms. The third-order valence-corrected chi connectivity index (χ3v) is 4.99. The number of hydrogen-bond acceptors (Lipinski definition) is 4. The quantitative estimate of drug-likeness (QED) is 0.738. The Balaban J connectivity index is 2.02. The number of hydrogen-bond donors (Lipinski definition) is 1. The zero-order valence-corrected chi connectivity index (χ0v) is 13.7. The maximum Gasteiger partial charge on any atom is 0.298 e. The molecule has 0 saturated heterocycles. The van der Waals surface area contributed by atoms with E-state index in [1.807, 2.05) is 30.3 Å². The lowest BCUT2D eigenvalue weighted by molar-refractivity contribution is 0.102. The highest BCUT2D eigenvalue weighted by molar-refractivity contribution is 7.87. The van der Waals surface area contributed by atoms with Gasteiger partial charge >= 0.3 is 0 Å². The van der Waals surface area contributed by atoms with Crippen molar-refractivity contribution in [3.05, 3.63) is 72.3 Å². The van der Waals surface area contributed by atoms with Gasteiger partial charge in [0.05, 0.1) is 12.8 Å². The second kappa shape index (κ2) is 6.43. The lowest BCUT2D eigenvalue weighted by Gasteiger charge is -2.11. The van der Waals surface area contributed by atoms with Crippen LogP contribution in [0.4, 0.5) is 5.69 Å². The van der Waals surface area contributed by atoms with Crippen LogP contribution in [0, 0.1) is 0 Å². The fourth-order valence-electron chi connectivity index (χ4n) is 2.49. The van der Waals surface area contributed by atoms with Gasteiger partial charge in [-0.15, -0.1) is 0 Å². The van der Waals surface area contributed by atoms with Crippen molar-refractivity contribution < 1.29 is 17.4 Å². The summed E-state index contributed by atoms with van der Waals surface area (Å²) in [4.78, 5) is 12.6. The van der Waals surface area contributed by atoms with Crippen LogP contribution in [-0.4, -0.2) is 21.4 Å². The number of carbonyl (C=O) groups is 1. The van der Waals surface area contributed by atoms with Crippen LogP contribution < -0.4 is 5.32 Å². The van der Waals surface area contributed by atoms with Gasteiger partial charge in [-0.25, -0.2) is 0 Å². The van der Waals surface area contributed by atoms with E-state index in [9.17, 15) is 13.2 Å². The standard InChI is InChI=1S/C18H15NO4S/c1-23-24(21,22)17-12-5-4-11-16(17)19-18(20)15-10-6-8-13-7-2-3-9-14(13)15/h2-12H,1H3,(H,19,20). The maximum absolute atomic E-state index is 12.6. The van der Waals surface area contributed by atoms with Gasteiger partial charge in [0.25, 0.3) is 16.0 Å². The van der Waals surface area contributed by atoms with Crippen molar-refractivity contribution in [1.29, 1.82) is 0 Å². The van der Waals surface area contributed by atoms with Crippen LogP contribution in [0.3, 0.4) is 0 Å². The number of benzene rings is 3. The first-order valence-corrected chi connectivity index (χ1v) is 8.62. The molecule has 3 rings (SSSR count). The molecule has 0 atom stereocenters. The second-order valence-electron chi connectivity index (χ2n) is 5.10. The van der Waals surface area contributed by atoms with E-state index >= 15 is 0 Å². The molecule has 3 aromatic rings. The van der Waals surface area contributed by atoms with Crippen molar-refractivity contribution in [2.24, 2.45) is 0 Å². The van der Waals surface area contributed by atoms with Gasteiger partial charge in [-0.05, 0) is 29.0 Å². The molecule has 0 aliphatic rings. The zero-order chi connectivity index (χ0) is 17.2. The summed E-state index contributed by atoms with van der Waals surface area (Å²) in [5, 5.41) is 4.39. The highest BCUT2D eigenvalue weighted by atomic mass is 32.2. The molecule has 5 nitrogen and oxygen atoms in total. The van der Waals surface area contributed by atoms with Gasteiger partial charge in [0.1, 0.15) is 4.90 Å². The molecule has 0 aromatic heterocycles. The Kier molecular flexibility index (Phi) is 4.33. The largest absolute Gasteiger partial charge is 0.321 e. The fourth-order valence-corrected chi connectivity index (χ4v) is 3.30. The molecule has 0 aliphatic heterocycles. The number of fused-ring (bicyclic) bond motifs is 1. The molecule has 0 fully saturated rings. The molecule has 122 valence electrons. The minimum absolute atomic E-state index is 0.0823. The molecule has 1 N–H and O–H groups in total. The minimum atomic E-state index is -3.91. The van der Waals surface area contributed by atoms with Crippen molar-refractivity contribution >= 4 is 32.5 Å². The van der Waals surface area contributed by atoms with E-state index in [-0.39, 0.29) is 16.5 Å². The van der Waals surface area contributed by atoms with Crippen molar-refractivity contribution in [3.63, 3.8) is 0 Å². The number of carbonyl (C=O) groups excluding carboxylic acids is 1. The smallest absolute Gasteiger partial charge is 0.298 e. The van der Waals surface area contributed by atoms with Crippen molar-refractivity contribution in [3.8, 4) is 0 Å². The van der Waals surface area contributed by atoms with Gasteiger partial charge in [0.15, 0.2) is 0 Å². The van der Waals surface area contributed by atoms with Crippen LogP contribution in [0.25, 0.3) is 10.8 Å². The molecule has 0 radical (unpaired) electrons. The Morgan fingerprint density at radius 1 is 0.917 bits per heavy atom. The number of anilines is 1. The molecule has 0 spiro atoms. The molecule has 0 aliphatic carbocycles. The Morgan fingerprint density at radius 3 is 2.38 bits per heavy atom. The van der Waals surface area contributed by atoms with Gasteiger partial charge in [0, 0.05) is 5.56 Å². The average molecular weight is 341 g/mol. The van der Waals surface area contributed by atoms with Gasteiger partial charge in [0.2, 0.25) is 0 Å². The number of amides is 1. The summed E-state index contributed by atoms with van der Waals surface area (Å²) in [5.74, 6) is -0.384. The number of para-hydroxylation sites is 1. The first-order chi connectivity index (χ1) is 11.5. The summed E-state index contributed by atoms with van der Waals surface area (Å²) < 4.78 is 28.5. The molecular formula is C18H15NO4S. The Bertz CT molecular complexity index is 1010. The predicted molar refractivity (Wildman–Crippen MR) is 92.5 cm³/mol. The lowest BCUT2D eigenvalue weighted by atomic mass is 10.0. The molecule has 0 saturated carbocycles. The lowest BCUT2D eigenvalue weighted by Crippen LogP contribution is -2.15. The van der Waals surface area contributed by atoms with Crippen LogP contribution in [0.1, 0.15) is 10.4 Å². The molecule has 1 amide bonds. The molecule has 0 heterocycles. The molecule has 0 bridgehead atoms. The van der Waals surface area contributed by atoms with Crippen LogP contribution in [0.5, 0.6) is 0 Å². The highest BCUT2D eigenvalue weighted by Gasteiger charge is 2.19. The highest BCUT2D eigenvalue weighted by Crippen LogP contribution is 2.24. The van der Waals surface area contributed by atoms with Crippen molar-refractivity contribution in [1.82, 2.24) is 0 Å². The molecule has 6 heteroatoms. The summed E-state index contributed by atoms with van der Waals surface area (Å²) in [7, 11) is -2.83. The van der Waals surface area contributed by atoms with Gasteiger partial charge < -0.3 is 5.32 Å². The summed E-state index contributed by atoms with van der Waals surface area (Å²) in [5.41, 5.74) is 0.648. The van der Waals surface area contributed by atoms with Gasteiger partial charge in [-0.3, -0.25) is 8.98 Å². The Morgan fingerprint density at radius 2 is 1.58 bits per heavy atom. The van der Waals surface area contributed by atoms with Crippen molar-refractivity contribution in [2.75, 3.05) is 12.4 Å². The predicted octanol–water partition coefficient (Wildman–Crippen LogP) is 3.43. The van der Waals surface area contributed by atoms with E-state index in [2.05, 4.69) is 9.50 Å². The van der Waals surface area contributed by atoms with E-state index in [0.717, 1.165) is 17.9 Å². The topological polar surface area (TPSA) is 72.5 Å². The first-order valence-electron chi connectivity index (χ1n) is 7.22. The summed E-state index contributed by atoms with van der Waals surface area (Å²) in [6, 6.07) is 19.0. The van der Waals surface area contributed by atoms with E-state index in [4.69, 9.17) is 0 Å². The monoisotopic (exact) mass is 341 g/mol. The zero-order valence-electron chi connectivity index (χ0n) is 12.9. The molecule has 0 unspecified atom stereocenters. The average Bonchev–Trinajstić information content (AvgIpc) is 2.61. The fraction of sp³-hybridized carbons (Fsp3) is 0.0556. The van der Waals surface area contributed by atoms with E-state index in [1.54, 1.807) is 24.3 Å². The van der Waals surface area contributed by atoms with Gasteiger partial charge in [-0.1, -0.05) is 48.5 Å². The number of rotatable bonds is 4.